The van der Waals surface area contributed by atoms with Crippen LogP contribution < -0.4 is 5.32 Å². The van der Waals surface area contributed by atoms with Gasteiger partial charge >= 0.3 is 0 Å². The monoisotopic (exact) mass is 409 g/mol. The summed E-state index contributed by atoms with van der Waals surface area (Å²) in [6.07, 6.45) is 3.23. The van der Waals surface area contributed by atoms with Crippen molar-refractivity contribution in [2.45, 2.75) is 33.1 Å². The first-order valence-electron chi connectivity index (χ1n) is 9.12. The van der Waals surface area contributed by atoms with Gasteiger partial charge in [0.1, 0.15) is 11.6 Å². The Kier molecular flexibility index (Phi) is 4.66. The van der Waals surface area contributed by atoms with E-state index >= 15 is 0 Å². The molecule has 0 atom stereocenters. The standard InChI is InChI=1S/C21H20FN5OS/c1-12-17-13(22)7-5-8-14(17)29-18(12)19(28)25-16-11-15(21(2,3)4)26-27(16)20-23-9-6-10-24-20/h5-11H,1-4H3,(H,25,28). The van der Waals surface area contributed by atoms with Crippen LogP contribution in [0.15, 0.2) is 42.7 Å². The third-order valence-electron chi connectivity index (χ3n) is 4.57. The molecule has 0 spiro atoms. The second-order valence-electron chi connectivity index (χ2n) is 7.75. The van der Waals surface area contributed by atoms with E-state index in [1.807, 2.05) is 32.9 Å². The van der Waals surface area contributed by atoms with Crippen LogP contribution in [0.25, 0.3) is 16.0 Å². The van der Waals surface area contributed by atoms with Gasteiger partial charge in [-0.25, -0.2) is 14.4 Å². The van der Waals surface area contributed by atoms with Crippen molar-refractivity contribution in [3.05, 3.63) is 64.7 Å². The van der Waals surface area contributed by atoms with E-state index in [4.69, 9.17) is 0 Å². The number of hydrogen-bond acceptors (Lipinski definition) is 5. The topological polar surface area (TPSA) is 72.7 Å². The quantitative estimate of drug-likeness (QED) is 0.524. The minimum atomic E-state index is -0.326. The second kappa shape index (κ2) is 7.04. The number of nitrogens with one attached hydrogen (secondary N) is 1. The molecule has 1 amide bonds. The summed E-state index contributed by atoms with van der Waals surface area (Å²) < 4.78 is 16.5. The lowest BCUT2D eigenvalue weighted by Gasteiger charge is -2.13. The van der Waals surface area contributed by atoms with Gasteiger partial charge in [0.05, 0.1) is 10.6 Å². The van der Waals surface area contributed by atoms with Crippen LogP contribution in [0.2, 0.25) is 0 Å². The van der Waals surface area contributed by atoms with Crippen molar-refractivity contribution in [3.8, 4) is 5.95 Å². The average molecular weight is 409 g/mol. The number of rotatable bonds is 3. The van der Waals surface area contributed by atoms with Gasteiger partial charge < -0.3 is 5.32 Å². The van der Waals surface area contributed by atoms with Gasteiger partial charge in [0, 0.05) is 34.0 Å². The fourth-order valence-electron chi connectivity index (χ4n) is 3.03. The zero-order valence-corrected chi connectivity index (χ0v) is 17.3. The molecule has 0 aliphatic rings. The Labute approximate surface area is 171 Å². The first kappa shape index (κ1) is 19.2. The van der Waals surface area contributed by atoms with Crippen LogP contribution in [0.4, 0.5) is 10.2 Å². The summed E-state index contributed by atoms with van der Waals surface area (Å²) in [5.74, 6) is 0.176. The lowest BCUT2D eigenvalue weighted by Crippen LogP contribution is -2.16. The first-order chi connectivity index (χ1) is 13.8. The predicted molar refractivity (Wildman–Crippen MR) is 112 cm³/mol. The van der Waals surface area contributed by atoms with Crippen molar-refractivity contribution in [2.24, 2.45) is 0 Å². The maximum absolute atomic E-state index is 14.2. The van der Waals surface area contributed by atoms with E-state index in [-0.39, 0.29) is 17.1 Å². The number of thiophene rings is 1. The number of fused-ring (bicyclic) bond motifs is 1. The number of halogens is 1. The normalized spacial score (nSPS) is 11.8. The van der Waals surface area contributed by atoms with Crippen molar-refractivity contribution in [3.63, 3.8) is 0 Å². The highest BCUT2D eigenvalue weighted by Gasteiger charge is 2.24. The Morgan fingerprint density at radius 2 is 1.90 bits per heavy atom. The van der Waals surface area contributed by atoms with Gasteiger partial charge in [0.15, 0.2) is 0 Å². The molecule has 6 nitrogen and oxygen atoms in total. The molecule has 29 heavy (non-hydrogen) atoms. The maximum Gasteiger partial charge on any atom is 0.267 e. The van der Waals surface area contributed by atoms with E-state index in [1.54, 1.807) is 31.5 Å². The van der Waals surface area contributed by atoms with Gasteiger partial charge in [-0.3, -0.25) is 4.79 Å². The smallest absolute Gasteiger partial charge is 0.267 e. The molecule has 0 aliphatic carbocycles. The Morgan fingerprint density at radius 3 is 2.55 bits per heavy atom. The van der Waals surface area contributed by atoms with Crippen LogP contribution in [0, 0.1) is 12.7 Å². The number of aryl methyl sites for hydroxylation is 1. The predicted octanol–water partition coefficient (Wildman–Crippen LogP) is 4.87. The van der Waals surface area contributed by atoms with Crippen molar-refractivity contribution < 1.29 is 9.18 Å². The molecule has 8 heteroatoms. The van der Waals surface area contributed by atoms with Gasteiger partial charge in [0.2, 0.25) is 0 Å². The molecular formula is C21H20FN5OS. The van der Waals surface area contributed by atoms with Gasteiger partial charge in [-0.05, 0) is 30.7 Å². The summed E-state index contributed by atoms with van der Waals surface area (Å²) in [4.78, 5) is 22.0. The summed E-state index contributed by atoms with van der Waals surface area (Å²) in [5, 5.41) is 7.99. The molecule has 0 aliphatic heterocycles. The fourth-order valence-corrected chi connectivity index (χ4v) is 4.15. The zero-order chi connectivity index (χ0) is 20.8. The maximum atomic E-state index is 14.2. The minimum Gasteiger partial charge on any atom is -0.306 e. The second-order valence-corrected chi connectivity index (χ2v) is 8.80. The van der Waals surface area contributed by atoms with Crippen molar-refractivity contribution >= 4 is 33.1 Å². The molecule has 0 unspecified atom stereocenters. The average Bonchev–Trinajstić information content (AvgIpc) is 3.25. The van der Waals surface area contributed by atoms with Crippen molar-refractivity contribution in [1.82, 2.24) is 19.7 Å². The molecule has 4 rings (SSSR count). The molecule has 148 valence electrons. The highest BCUT2D eigenvalue weighted by atomic mass is 32.1. The molecule has 0 fully saturated rings. The summed E-state index contributed by atoms with van der Waals surface area (Å²) >= 11 is 1.27. The lowest BCUT2D eigenvalue weighted by atomic mass is 9.92. The number of carbonyl (C=O) groups is 1. The van der Waals surface area contributed by atoms with Gasteiger partial charge in [0.25, 0.3) is 11.9 Å². The number of carbonyl (C=O) groups excluding carboxylic acids is 1. The van der Waals surface area contributed by atoms with E-state index in [2.05, 4.69) is 20.4 Å². The van der Waals surface area contributed by atoms with Gasteiger partial charge in [-0.1, -0.05) is 26.8 Å². The SMILES string of the molecule is Cc1c(C(=O)Nc2cc(C(C)(C)C)nn2-c2ncccn2)sc2cccc(F)c12. The minimum absolute atomic E-state index is 0.226. The molecule has 0 saturated heterocycles. The number of benzene rings is 1. The number of amides is 1. The summed E-state index contributed by atoms with van der Waals surface area (Å²) in [6, 6.07) is 8.39. The Balaban J connectivity index is 1.76. The van der Waals surface area contributed by atoms with Crippen LogP contribution in [0.5, 0.6) is 0 Å². The molecular weight excluding hydrogens is 389 g/mol. The number of anilines is 1. The van der Waals surface area contributed by atoms with Crippen LogP contribution in [0.3, 0.4) is 0 Å². The molecule has 0 saturated carbocycles. The largest absolute Gasteiger partial charge is 0.306 e. The first-order valence-corrected chi connectivity index (χ1v) is 9.94. The van der Waals surface area contributed by atoms with E-state index in [0.29, 0.717) is 27.6 Å². The van der Waals surface area contributed by atoms with Crippen molar-refractivity contribution in [1.29, 1.82) is 0 Å². The van der Waals surface area contributed by atoms with Crippen molar-refractivity contribution in [2.75, 3.05) is 5.32 Å². The molecule has 0 bridgehead atoms. The number of aromatic nitrogens is 4. The van der Waals surface area contributed by atoms with Crippen LogP contribution in [-0.2, 0) is 5.41 Å². The Hall–Kier alpha value is -3.13. The van der Waals surface area contributed by atoms with Crippen LogP contribution in [0.1, 0.15) is 41.7 Å². The number of hydrogen-bond donors (Lipinski definition) is 1. The highest BCUT2D eigenvalue weighted by molar-refractivity contribution is 7.21. The zero-order valence-electron chi connectivity index (χ0n) is 16.5. The van der Waals surface area contributed by atoms with Gasteiger partial charge in [-0.2, -0.15) is 9.78 Å². The molecule has 4 aromatic rings. The third-order valence-corrected chi connectivity index (χ3v) is 5.83. The van der Waals surface area contributed by atoms with E-state index in [0.717, 1.165) is 10.4 Å². The van der Waals surface area contributed by atoms with E-state index in [1.165, 1.54) is 22.1 Å². The third kappa shape index (κ3) is 3.51. The highest BCUT2D eigenvalue weighted by Crippen LogP contribution is 2.33. The van der Waals surface area contributed by atoms with Crippen LogP contribution >= 0.6 is 11.3 Å². The molecule has 3 aromatic heterocycles. The van der Waals surface area contributed by atoms with E-state index < -0.39 is 0 Å². The fraction of sp³-hybridized carbons (Fsp3) is 0.238. The molecule has 1 N–H and O–H groups in total. The summed E-state index contributed by atoms with van der Waals surface area (Å²) in [5.41, 5.74) is 1.19. The van der Waals surface area contributed by atoms with Gasteiger partial charge in [-0.15, -0.1) is 11.3 Å². The Bertz CT molecular complexity index is 1210. The molecule has 0 radical (unpaired) electrons. The number of nitrogens with zero attached hydrogens (tertiary/aromatic N) is 4. The summed E-state index contributed by atoms with van der Waals surface area (Å²) in [7, 11) is 0. The summed E-state index contributed by atoms with van der Waals surface area (Å²) in [6.45, 7) is 7.87. The van der Waals surface area contributed by atoms with E-state index in [9.17, 15) is 9.18 Å². The van der Waals surface area contributed by atoms with Crippen LogP contribution in [-0.4, -0.2) is 25.7 Å². The Morgan fingerprint density at radius 1 is 1.17 bits per heavy atom. The lowest BCUT2D eigenvalue weighted by molar-refractivity contribution is 0.102. The molecule has 3 heterocycles. The molecule has 1 aromatic carbocycles.